The molecule has 96 valence electrons. The van der Waals surface area contributed by atoms with E-state index < -0.39 is 0 Å². The standard InChI is InChI=1S/C13H15ClN2O2/c1-3-7-16-11(8-12(17)18-2)15-10-6-4-5-9(14)13(10)16/h4-6H,3,7-8H2,1-2H3. The minimum Gasteiger partial charge on any atom is -0.469 e. The van der Waals surface area contributed by atoms with Crippen LogP contribution in [0.15, 0.2) is 18.2 Å². The predicted octanol–water partition coefficient (Wildman–Crippen LogP) is 2.82. The molecule has 0 radical (unpaired) electrons. The number of carbonyl (C=O) groups excluding carboxylic acids is 1. The van der Waals surface area contributed by atoms with Crippen molar-refractivity contribution in [3.8, 4) is 0 Å². The number of carbonyl (C=O) groups is 1. The van der Waals surface area contributed by atoms with Crippen LogP contribution >= 0.6 is 11.6 Å². The Kier molecular flexibility index (Phi) is 3.87. The van der Waals surface area contributed by atoms with Crippen LogP contribution < -0.4 is 0 Å². The van der Waals surface area contributed by atoms with E-state index in [0.29, 0.717) is 10.8 Å². The number of rotatable bonds is 4. The van der Waals surface area contributed by atoms with Gasteiger partial charge in [0, 0.05) is 6.54 Å². The highest BCUT2D eigenvalue weighted by molar-refractivity contribution is 6.35. The highest BCUT2D eigenvalue weighted by Gasteiger charge is 2.15. The number of imidazole rings is 1. The van der Waals surface area contributed by atoms with E-state index in [9.17, 15) is 4.79 Å². The van der Waals surface area contributed by atoms with Crippen molar-refractivity contribution in [1.82, 2.24) is 9.55 Å². The molecule has 4 nitrogen and oxygen atoms in total. The van der Waals surface area contributed by atoms with Crippen LogP contribution in [0.3, 0.4) is 0 Å². The van der Waals surface area contributed by atoms with E-state index in [1.54, 1.807) is 0 Å². The highest BCUT2D eigenvalue weighted by atomic mass is 35.5. The number of aryl methyl sites for hydroxylation is 1. The molecule has 18 heavy (non-hydrogen) atoms. The molecular weight excluding hydrogens is 252 g/mol. The number of methoxy groups -OCH3 is 1. The van der Waals surface area contributed by atoms with Gasteiger partial charge in [-0.2, -0.15) is 0 Å². The number of hydrogen-bond acceptors (Lipinski definition) is 3. The lowest BCUT2D eigenvalue weighted by Gasteiger charge is -2.07. The summed E-state index contributed by atoms with van der Waals surface area (Å²) in [4.78, 5) is 15.8. The number of halogens is 1. The molecule has 0 bridgehead atoms. The Bertz CT molecular complexity index is 578. The number of hydrogen-bond donors (Lipinski definition) is 0. The van der Waals surface area contributed by atoms with Gasteiger partial charge in [-0.15, -0.1) is 0 Å². The summed E-state index contributed by atoms with van der Waals surface area (Å²) in [5, 5.41) is 0.657. The quantitative estimate of drug-likeness (QED) is 0.800. The lowest BCUT2D eigenvalue weighted by atomic mass is 10.3. The van der Waals surface area contributed by atoms with Crippen molar-refractivity contribution in [2.75, 3.05) is 7.11 Å². The van der Waals surface area contributed by atoms with Gasteiger partial charge in [0.2, 0.25) is 0 Å². The Labute approximate surface area is 111 Å². The first-order valence-electron chi connectivity index (χ1n) is 5.87. The van der Waals surface area contributed by atoms with Gasteiger partial charge in [0.15, 0.2) is 0 Å². The van der Waals surface area contributed by atoms with Crippen LogP contribution in [-0.2, 0) is 22.5 Å². The summed E-state index contributed by atoms with van der Waals surface area (Å²) >= 11 is 6.20. The number of benzene rings is 1. The maximum Gasteiger partial charge on any atom is 0.313 e. The molecule has 0 spiro atoms. The molecule has 0 amide bonds. The molecule has 0 saturated carbocycles. The van der Waals surface area contributed by atoms with E-state index in [2.05, 4.69) is 16.6 Å². The minimum atomic E-state index is -0.293. The molecule has 2 rings (SSSR count). The molecule has 1 aromatic carbocycles. The van der Waals surface area contributed by atoms with Gasteiger partial charge in [0.25, 0.3) is 0 Å². The van der Waals surface area contributed by atoms with Crippen molar-refractivity contribution in [1.29, 1.82) is 0 Å². The largest absolute Gasteiger partial charge is 0.469 e. The van der Waals surface area contributed by atoms with Crippen molar-refractivity contribution in [3.05, 3.63) is 29.0 Å². The van der Waals surface area contributed by atoms with Crippen LogP contribution in [0.25, 0.3) is 11.0 Å². The lowest BCUT2D eigenvalue weighted by Crippen LogP contribution is -2.11. The summed E-state index contributed by atoms with van der Waals surface area (Å²) < 4.78 is 6.68. The third-order valence-electron chi connectivity index (χ3n) is 2.77. The first-order valence-corrected chi connectivity index (χ1v) is 6.25. The molecule has 0 N–H and O–H groups in total. The number of ether oxygens (including phenoxy) is 1. The number of aromatic nitrogens is 2. The SMILES string of the molecule is CCCn1c(CC(=O)OC)nc2cccc(Cl)c21. The maximum absolute atomic E-state index is 11.4. The van der Waals surface area contributed by atoms with Crippen LogP contribution in [0.1, 0.15) is 19.2 Å². The molecule has 1 aromatic heterocycles. The molecule has 1 heterocycles. The fraction of sp³-hybridized carbons (Fsp3) is 0.385. The molecule has 0 aliphatic heterocycles. The summed E-state index contributed by atoms with van der Waals surface area (Å²) in [7, 11) is 1.38. The minimum absolute atomic E-state index is 0.168. The molecule has 0 unspecified atom stereocenters. The van der Waals surface area contributed by atoms with Gasteiger partial charge in [0.1, 0.15) is 12.2 Å². The topological polar surface area (TPSA) is 44.1 Å². The summed E-state index contributed by atoms with van der Waals surface area (Å²) in [6, 6.07) is 5.59. The average molecular weight is 267 g/mol. The van der Waals surface area contributed by atoms with Crippen LogP contribution in [0.5, 0.6) is 0 Å². The molecule has 0 fully saturated rings. The zero-order chi connectivity index (χ0) is 13.1. The summed E-state index contributed by atoms with van der Waals surface area (Å²) in [5.41, 5.74) is 1.70. The fourth-order valence-electron chi connectivity index (χ4n) is 1.99. The van der Waals surface area contributed by atoms with Crippen molar-refractivity contribution in [2.24, 2.45) is 0 Å². The van der Waals surface area contributed by atoms with Gasteiger partial charge >= 0.3 is 5.97 Å². The van der Waals surface area contributed by atoms with E-state index in [0.717, 1.165) is 24.0 Å². The van der Waals surface area contributed by atoms with Crippen LogP contribution in [-0.4, -0.2) is 22.6 Å². The van der Waals surface area contributed by atoms with Crippen molar-refractivity contribution < 1.29 is 9.53 Å². The molecule has 2 aromatic rings. The number of para-hydroxylation sites is 1. The number of nitrogens with zero attached hydrogens (tertiary/aromatic N) is 2. The molecule has 0 aliphatic carbocycles. The van der Waals surface area contributed by atoms with Crippen molar-refractivity contribution in [3.63, 3.8) is 0 Å². The normalized spacial score (nSPS) is 10.8. The van der Waals surface area contributed by atoms with E-state index in [1.165, 1.54) is 7.11 Å². The first kappa shape index (κ1) is 12.9. The van der Waals surface area contributed by atoms with Crippen molar-refractivity contribution in [2.45, 2.75) is 26.3 Å². The third-order valence-corrected chi connectivity index (χ3v) is 3.08. The third kappa shape index (κ3) is 2.34. The zero-order valence-electron chi connectivity index (χ0n) is 10.4. The first-order chi connectivity index (χ1) is 8.67. The van der Waals surface area contributed by atoms with E-state index in [-0.39, 0.29) is 12.4 Å². The maximum atomic E-state index is 11.4. The fourth-order valence-corrected chi connectivity index (χ4v) is 2.26. The van der Waals surface area contributed by atoms with E-state index >= 15 is 0 Å². The summed E-state index contributed by atoms with van der Waals surface area (Å²) in [6.07, 6.45) is 1.12. The number of fused-ring (bicyclic) bond motifs is 1. The predicted molar refractivity (Wildman–Crippen MR) is 70.8 cm³/mol. The van der Waals surface area contributed by atoms with Crippen molar-refractivity contribution >= 4 is 28.6 Å². The highest BCUT2D eigenvalue weighted by Crippen LogP contribution is 2.25. The monoisotopic (exact) mass is 266 g/mol. The van der Waals surface area contributed by atoms with Gasteiger partial charge in [-0.25, -0.2) is 4.98 Å². The second-order valence-corrected chi connectivity index (χ2v) is 4.45. The smallest absolute Gasteiger partial charge is 0.313 e. The second kappa shape index (κ2) is 5.40. The van der Waals surface area contributed by atoms with Gasteiger partial charge in [0.05, 0.1) is 23.2 Å². The Balaban J connectivity index is 2.54. The average Bonchev–Trinajstić information content (AvgIpc) is 2.69. The van der Waals surface area contributed by atoms with Crippen LogP contribution in [0, 0.1) is 0 Å². The molecule has 5 heteroatoms. The Morgan fingerprint density at radius 1 is 1.50 bits per heavy atom. The summed E-state index contributed by atoms with van der Waals surface area (Å²) in [5.74, 6) is 0.408. The lowest BCUT2D eigenvalue weighted by molar-refractivity contribution is -0.139. The molecule has 0 aliphatic rings. The van der Waals surface area contributed by atoms with Gasteiger partial charge < -0.3 is 9.30 Å². The Hall–Kier alpha value is -1.55. The molecular formula is C13H15ClN2O2. The van der Waals surface area contributed by atoms with Gasteiger partial charge in [-0.05, 0) is 18.6 Å². The summed E-state index contributed by atoms with van der Waals surface area (Å²) in [6.45, 7) is 2.86. The van der Waals surface area contributed by atoms with Gasteiger partial charge in [-0.1, -0.05) is 24.6 Å². The Morgan fingerprint density at radius 3 is 2.94 bits per heavy atom. The molecule has 0 atom stereocenters. The van der Waals surface area contributed by atoms with Crippen LogP contribution in [0.4, 0.5) is 0 Å². The second-order valence-electron chi connectivity index (χ2n) is 4.04. The molecule has 0 saturated heterocycles. The Morgan fingerprint density at radius 2 is 2.28 bits per heavy atom. The van der Waals surface area contributed by atoms with Gasteiger partial charge in [-0.3, -0.25) is 4.79 Å². The van der Waals surface area contributed by atoms with E-state index in [4.69, 9.17) is 11.6 Å². The number of esters is 1. The zero-order valence-corrected chi connectivity index (χ0v) is 11.2. The van der Waals surface area contributed by atoms with E-state index in [1.807, 2.05) is 22.8 Å². The van der Waals surface area contributed by atoms with Crippen LogP contribution in [0.2, 0.25) is 5.02 Å².